The van der Waals surface area contributed by atoms with Crippen LogP contribution in [0, 0.1) is 13.8 Å². The van der Waals surface area contributed by atoms with E-state index >= 15 is 0 Å². The largest absolute Gasteiger partial charge is 0.387 e. The molecule has 1 aliphatic rings. The van der Waals surface area contributed by atoms with Crippen LogP contribution in [-0.4, -0.2) is 23.4 Å². The van der Waals surface area contributed by atoms with Crippen LogP contribution in [0.3, 0.4) is 0 Å². The normalized spacial score (nSPS) is 29.6. The van der Waals surface area contributed by atoms with E-state index in [1.165, 1.54) is 16.7 Å². The highest BCUT2D eigenvalue weighted by Gasteiger charge is 2.39. The second kappa shape index (κ2) is 4.19. The molecule has 2 unspecified atom stereocenters. The minimum absolute atomic E-state index is 0.0617. The van der Waals surface area contributed by atoms with Gasteiger partial charge in [-0.05, 0) is 26.3 Å². The molecule has 1 aliphatic heterocycles. The molecule has 1 aromatic rings. The highest BCUT2D eigenvalue weighted by molar-refractivity contribution is 5.29. The molecule has 1 heterocycles. The zero-order valence-corrected chi connectivity index (χ0v) is 10.3. The highest BCUT2D eigenvalue weighted by atomic mass is 16.5. The van der Waals surface area contributed by atoms with Crippen molar-refractivity contribution in [2.75, 3.05) is 6.61 Å². The van der Waals surface area contributed by atoms with E-state index in [-0.39, 0.29) is 6.10 Å². The smallest absolute Gasteiger partial charge is 0.0967 e. The molecule has 0 amide bonds. The molecule has 1 aromatic carbocycles. The Hall–Kier alpha value is -0.860. The van der Waals surface area contributed by atoms with Gasteiger partial charge in [0, 0.05) is 19.4 Å². The number of ether oxygens (including phenoxy) is 1. The van der Waals surface area contributed by atoms with Crippen LogP contribution in [0.1, 0.15) is 30.0 Å². The molecule has 1 N–H and O–H groups in total. The van der Waals surface area contributed by atoms with Crippen LogP contribution in [-0.2, 0) is 11.2 Å². The summed E-state index contributed by atoms with van der Waals surface area (Å²) in [5.74, 6) is 0. The van der Waals surface area contributed by atoms with Crippen molar-refractivity contribution in [1.29, 1.82) is 0 Å². The minimum Gasteiger partial charge on any atom is -0.387 e. The van der Waals surface area contributed by atoms with Crippen LogP contribution in [0.4, 0.5) is 0 Å². The summed E-state index contributed by atoms with van der Waals surface area (Å²) in [5.41, 5.74) is 3.04. The molecule has 2 rings (SSSR count). The summed E-state index contributed by atoms with van der Waals surface area (Å²) in [6.07, 6.45) is 1.37. The number of benzene rings is 1. The van der Waals surface area contributed by atoms with E-state index in [1.54, 1.807) is 0 Å². The second-order valence-corrected chi connectivity index (χ2v) is 5.04. The first-order chi connectivity index (χ1) is 7.49. The molecule has 0 aliphatic carbocycles. The van der Waals surface area contributed by atoms with Crippen molar-refractivity contribution < 1.29 is 9.84 Å². The first kappa shape index (κ1) is 11.6. The van der Waals surface area contributed by atoms with Gasteiger partial charge in [-0.15, -0.1) is 0 Å². The third kappa shape index (κ3) is 2.28. The number of hydrogen-bond acceptors (Lipinski definition) is 2. The summed E-state index contributed by atoms with van der Waals surface area (Å²) in [7, 11) is 0. The zero-order chi connectivity index (χ0) is 11.8. The van der Waals surface area contributed by atoms with Crippen molar-refractivity contribution in [3.63, 3.8) is 0 Å². The fraction of sp³-hybridized carbons (Fsp3) is 0.571. The van der Waals surface area contributed by atoms with Crippen molar-refractivity contribution in [2.45, 2.75) is 45.3 Å². The van der Waals surface area contributed by atoms with Gasteiger partial charge in [0.05, 0.1) is 11.7 Å². The lowest BCUT2D eigenvalue weighted by Crippen LogP contribution is -2.38. The highest BCUT2D eigenvalue weighted by Crippen LogP contribution is 2.29. The van der Waals surface area contributed by atoms with Crippen molar-refractivity contribution in [2.24, 2.45) is 0 Å². The SMILES string of the molecule is Cc1cc(C)cc(CC2(O)CCOC2C)c1. The monoisotopic (exact) mass is 220 g/mol. The minimum atomic E-state index is -0.680. The van der Waals surface area contributed by atoms with Crippen LogP contribution >= 0.6 is 0 Å². The van der Waals surface area contributed by atoms with Crippen LogP contribution in [0.2, 0.25) is 0 Å². The fourth-order valence-corrected chi connectivity index (χ4v) is 2.53. The number of aryl methyl sites for hydroxylation is 2. The lowest BCUT2D eigenvalue weighted by atomic mass is 9.88. The van der Waals surface area contributed by atoms with Crippen molar-refractivity contribution in [3.05, 3.63) is 34.9 Å². The maximum Gasteiger partial charge on any atom is 0.0967 e. The van der Waals surface area contributed by atoms with E-state index in [2.05, 4.69) is 32.0 Å². The zero-order valence-electron chi connectivity index (χ0n) is 10.3. The average molecular weight is 220 g/mol. The van der Waals surface area contributed by atoms with E-state index in [9.17, 15) is 5.11 Å². The standard InChI is InChI=1S/C14H20O2/c1-10-6-11(2)8-13(7-10)9-14(15)4-5-16-12(14)3/h6-8,12,15H,4-5,9H2,1-3H3. The summed E-state index contributed by atoms with van der Waals surface area (Å²) >= 11 is 0. The van der Waals surface area contributed by atoms with E-state index in [4.69, 9.17) is 4.74 Å². The van der Waals surface area contributed by atoms with Crippen LogP contribution < -0.4 is 0 Å². The fourth-order valence-electron chi connectivity index (χ4n) is 2.53. The van der Waals surface area contributed by atoms with Gasteiger partial charge in [-0.2, -0.15) is 0 Å². The van der Waals surface area contributed by atoms with E-state index in [1.807, 2.05) is 6.92 Å². The predicted molar refractivity (Wildman–Crippen MR) is 64.6 cm³/mol. The molecule has 1 saturated heterocycles. The van der Waals surface area contributed by atoms with Crippen LogP contribution in [0.15, 0.2) is 18.2 Å². The van der Waals surface area contributed by atoms with Gasteiger partial charge in [0.1, 0.15) is 0 Å². The maximum atomic E-state index is 10.5. The van der Waals surface area contributed by atoms with Gasteiger partial charge in [0.2, 0.25) is 0 Å². The molecule has 2 nitrogen and oxygen atoms in total. The molecule has 0 saturated carbocycles. The Labute approximate surface area is 97.3 Å². The van der Waals surface area contributed by atoms with Crippen molar-refractivity contribution in [3.8, 4) is 0 Å². The van der Waals surface area contributed by atoms with Crippen LogP contribution in [0.5, 0.6) is 0 Å². The molecule has 2 atom stereocenters. The third-order valence-electron chi connectivity index (χ3n) is 3.45. The van der Waals surface area contributed by atoms with Gasteiger partial charge in [0.15, 0.2) is 0 Å². The Balaban J connectivity index is 2.20. The molecule has 0 radical (unpaired) electrons. The van der Waals surface area contributed by atoms with Gasteiger partial charge in [-0.25, -0.2) is 0 Å². The van der Waals surface area contributed by atoms with E-state index in [0.717, 1.165) is 6.42 Å². The molecule has 2 heteroatoms. The molecule has 0 spiro atoms. The lowest BCUT2D eigenvalue weighted by molar-refractivity contribution is -0.0268. The second-order valence-electron chi connectivity index (χ2n) is 5.04. The topological polar surface area (TPSA) is 29.5 Å². The molecule has 1 fully saturated rings. The first-order valence-corrected chi connectivity index (χ1v) is 5.91. The Kier molecular flexibility index (Phi) is 3.04. The molecule has 16 heavy (non-hydrogen) atoms. The molecule has 0 bridgehead atoms. The number of hydrogen-bond donors (Lipinski definition) is 1. The number of rotatable bonds is 2. The Bertz CT molecular complexity index is 366. The van der Waals surface area contributed by atoms with Crippen LogP contribution in [0.25, 0.3) is 0 Å². The maximum absolute atomic E-state index is 10.5. The van der Waals surface area contributed by atoms with Crippen molar-refractivity contribution in [1.82, 2.24) is 0 Å². The lowest BCUT2D eigenvalue weighted by Gasteiger charge is -2.26. The van der Waals surface area contributed by atoms with Gasteiger partial charge < -0.3 is 9.84 Å². The van der Waals surface area contributed by atoms with E-state index in [0.29, 0.717) is 13.0 Å². The molecule has 88 valence electrons. The Morgan fingerprint density at radius 1 is 1.31 bits per heavy atom. The predicted octanol–water partition coefficient (Wildman–Crippen LogP) is 2.39. The summed E-state index contributed by atoms with van der Waals surface area (Å²) in [6, 6.07) is 6.45. The quantitative estimate of drug-likeness (QED) is 0.829. The van der Waals surface area contributed by atoms with Gasteiger partial charge >= 0.3 is 0 Å². The Morgan fingerprint density at radius 2 is 1.94 bits per heavy atom. The molecular formula is C14H20O2. The summed E-state index contributed by atoms with van der Waals surface area (Å²) in [5, 5.41) is 10.5. The first-order valence-electron chi connectivity index (χ1n) is 5.91. The van der Waals surface area contributed by atoms with Gasteiger partial charge in [0.25, 0.3) is 0 Å². The van der Waals surface area contributed by atoms with Crippen molar-refractivity contribution >= 4 is 0 Å². The molecule has 0 aromatic heterocycles. The van der Waals surface area contributed by atoms with Gasteiger partial charge in [-0.3, -0.25) is 0 Å². The summed E-state index contributed by atoms with van der Waals surface area (Å²) < 4.78 is 5.45. The van der Waals surface area contributed by atoms with E-state index < -0.39 is 5.60 Å². The van der Waals surface area contributed by atoms with Gasteiger partial charge in [-0.1, -0.05) is 29.3 Å². The molecular weight excluding hydrogens is 200 g/mol. The summed E-state index contributed by atoms with van der Waals surface area (Å²) in [4.78, 5) is 0. The third-order valence-corrected chi connectivity index (χ3v) is 3.45. The average Bonchev–Trinajstić information content (AvgIpc) is 2.44. The summed E-state index contributed by atoms with van der Waals surface area (Å²) in [6.45, 7) is 6.81. The number of aliphatic hydroxyl groups is 1. The Morgan fingerprint density at radius 3 is 2.44 bits per heavy atom.